The van der Waals surface area contributed by atoms with Crippen LogP contribution >= 0.6 is 21.5 Å². The maximum atomic E-state index is 7.18. The van der Waals surface area contributed by atoms with E-state index >= 15 is 0 Å². The van der Waals surface area contributed by atoms with Crippen LogP contribution in [0.3, 0.4) is 0 Å². The smallest absolute Gasteiger partial charge is 0.119 e. The monoisotopic (exact) mass is 338 g/mol. The first-order valence-electron chi connectivity index (χ1n) is 7.27. The van der Waals surface area contributed by atoms with E-state index in [1.807, 2.05) is 91.0 Å². The van der Waals surface area contributed by atoms with Crippen LogP contribution in [-0.2, 0) is 4.87 Å². The lowest BCUT2D eigenvalue weighted by Gasteiger charge is -2.31. The highest BCUT2D eigenvalue weighted by Gasteiger charge is 2.35. The molecule has 3 aromatic rings. The van der Waals surface area contributed by atoms with Crippen molar-refractivity contribution in [1.82, 2.24) is 0 Å². The van der Waals surface area contributed by atoms with Gasteiger partial charge in [-0.15, -0.1) is 11.6 Å². The van der Waals surface area contributed by atoms with Gasteiger partial charge in [0.1, 0.15) is 4.87 Å². The first-order chi connectivity index (χ1) is 10.7. The summed E-state index contributed by atoms with van der Waals surface area (Å²) >= 11 is 7.18. The average molecular weight is 339 g/mol. The van der Waals surface area contributed by atoms with E-state index in [-0.39, 0.29) is 9.90 Å². The van der Waals surface area contributed by atoms with Crippen LogP contribution in [0.5, 0.6) is 0 Å². The molecule has 116 valence electrons. The molecular weight excluding hydrogens is 319 g/mol. The highest BCUT2D eigenvalue weighted by atomic mass is 35.5. The van der Waals surface area contributed by atoms with Crippen molar-refractivity contribution < 1.29 is 0 Å². The minimum absolute atomic E-state index is 0. The van der Waals surface area contributed by atoms with Gasteiger partial charge in [-0.3, -0.25) is 0 Å². The Balaban J connectivity index is 0.00000192. The highest BCUT2D eigenvalue weighted by Crippen LogP contribution is 2.46. The lowest BCUT2D eigenvalue weighted by molar-refractivity contribution is 0.948. The number of alkyl halides is 1. The predicted molar refractivity (Wildman–Crippen MR) is 106 cm³/mol. The molecule has 0 saturated carbocycles. The quantitative estimate of drug-likeness (QED) is 0.408. The van der Waals surface area contributed by atoms with Crippen LogP contribution in [0.2, 0.25) is 0 Å². The zero-order valence-corrected chi connectivity index (χ0v) is 15.1. The van der Waals surface area contributed by atoms with Crippen molar-refractivity contribution in [3.63, 3.8) is 0 Å². The SMILES string of the molecule is C=C(c1ccccc1)C(Cl)(c1ccccc1)c1ccccc1.P. The average Bonchev–Trinajstić information content (AvgIpc) is 2.62. The second-order valence-electron chi connectivity index (χ2n) is 5.24. The van der Waals surface area contributed by atoms with Gasteiger partial charge < -0.3 is 0 Å². The first-order valence-corrected chi connectivity index (χ1v) is 7.65. The summed E-state index contributed by atoms with van der Waals surface area (Å²) in [6, 6.07) is 30.3. The van der Waals surface area contributed by atoms with E-state index in [2.05, 4.69) is 6.58 Å². The summed E-state index contributed by atoms with van der Waals surface area (Å²) in [4.78, 5) is -0.774. The van der Waals surface area contributed by atoms with Crippen LogP contribution in [-0.4, -0.2) is 0 Å². The van der Waals surface area contributed by atoms with E-state index in [1.165, 1.54) is 0 Å². The Labute approximate surface area is 146 Å². The summed E-state index contributed by atoms with van der Waals surface area (Å²) in [6.07, 6.45) is 0. The Kier molecular flexibility index (Phi) is 5.77. The molecule has 2 heteroatoms. The Morgan fingerprint density at radius 2 is 1.00 bits per heavy atom. The van der Waals surface area contributed by atoms with E-state index in [0.717, 1.165) is 22.3 Å². The number of benzene rings is 3. The number of hydrogen-bond acceptors (Lipinski definition) is 0. The molecule has 0 bridgehead atoms. The van der Waals surface area contributed by atoms with Crippen LogP contribution in [0.4, 0.5) is 0 Å². The summed E-state index contributed by atoms with van der Waals surface area (Å²) in [6.45, 7) is 4.32. The Bertz CT molecular complexity index is 712. The van der Waals surface area contributed by atoms with Gasteiger partial charge in [0, 0.05) is 0 Å². The van der Waals surface area contributed by atoms with E-state index < -0.39 is 4.87 Å². The number of halogens is 1. The molecule has 0 aromatic heterocycles. The molecule has 0 heterocycles. The van der Waals surface area contributed by atoms with E-state index in [0.29, 0.717) is 0 Å². The largest absolute Gasteiger partial charge is 0.153 e. The molecule has 1 atom stereocenters. The summed E-state index contributed by atoms with van der Waals surface area (Å²) in [5.74, 6) is 0. The molecule has 3 aromatic carbocycles. The highest BCUT2D eigenvalue weighted by molar-refractivity contribution is 6.92. The van der Waals surface area contributed by atoms with Gasteiger partial charge in [0.15, 0.2) is 0 Å². The number of allylic oxidation sites excluding steroid dienone is 1. The molecule has 3 rings (SSSR count). The van der Waals surface area contributed by atoms with Gasteiger partial charge >= 0.3 is 0 Å². The van der Waals surface area contributed by atoms with Crippen LogP contribution < -0.4 is 0 Å². The number of rotatable bonds is 4. The molecule has 0 N–H and O–H groups in total. The minimum Gasteiger partial charge on any atom is -0.153 e. The summed E-state index contributed by atoms with van der Waals surface area (Å²) in [5.41, 5.74) is 3.98. The second-order valence-corrected chi connectivity index (χ2v) is 5.80. The van der Waals surface area contributed by atoms with E-state index in [9.17, 15) is 0 Å². The van der Waals surface area contributed by atoms with E-state index in [1.54, 1.807) is 0 Å². The van der Waals surface area contributed by atoms with Gasteiger partial charge in [0.05, 0.1) is 0 Å². The van der Waals surface area contributed by atoms with Gasteiger partial charge in [-0.2, -0.15) is 9.90 Å². The fourth-order valence-corrected chi connectivity index (χ4v) is 3.05. The zero-order valence-electron chi connectivity index (χ0n) is 13.0. The normalized spacial score (nSPS) is 10.7. The number of hydrogen-bond donors (Lipinski definition) is 0. The van der Waals surface area contributed by atoms with Gasteiger partial charge in [0.2, 0.25) is 0 Å². The van der Waals surface area contributed by atoms with Crippen molar-refractivity contribution in [2.24, 2.45) is 0 Å². The fourth-order valence-electron chi connectivity index (χ4n) is 2.69. The topological polar surface area (TPSA) is 0 Å². The summed E-state index contributed by atoms with van der Waals surface area (Å²) in [7, 11) is 0. The third kappa shape index (κ3) is 3.39. The summed E-state index contributed by atoms with van der Waals surface area (Å²) in [5, 5.41) is 0. The standard InChI is InChI=1S/C21H17Cl.H3P/c1-17(18-11-5-2-6-12-18)21(22,19-13-7-3-8-14-19)20-15-9-4-10-16-20;/h2-16H,1H2;1H3. The Hall–Kier alpha value is -1.88. The fraction of sp³-hybridized carbons (Fsp3) is 0.0476. The Morgan fingerprint density at radius 3 is 1.39 bits per heavy atom. The first kappa shape index (κ1) is 17.5. The molecular formula is C21H20ClP. The lowest BCUT2D eigenvalue weighted by Crippen LogP contribution is -2.22. The van der Waals surface area contributed by atoms with Crippen LogP contribution in [0, 0.1) is 0 Å². The molecule has 0 nitrogen and oxygen atoms in total. The van der Waals surface area contributed by atoms with E-state index in [4.69, 9.17) is 11.6 Å². The Morgan fingerprint density at radius 1 is 0.652 bits per heavy atom. The minimum atomic E-state index is -0.774. The van der Waals surface area contributed by atoms with Crippen LogP contribution in [0.25, 0.3) is 5.57 Å². The molecule has 0 fully saturated rings. The molecule has 0 aliphatic heterocycles. The lowest BCUT2D eigenvalue weighted by atomic mass is 9.81. The van der Waals surface area contributed by atoms with Gasteiger partial charge in [-0.1, -0.05) is 97.6 Å². The van der Waals surface area contributed by atoms with Gasteiger partial charge in [0.25, 0.3) is 0 Å². The van der Waals surface area contributed by atoms with Gasteiger partial charge in [-0.05, 0) is 22.3 Å². The zero-order chi connectivity index (χ0) is 15.4. The molecule has 0 spiro atoms. The molecule has 0 amide bonds. The maximum Gasteiger partial charge on any atom is 0.119 e. The maximum absolute atomic E-state index is 7.18. The third-order valence-corrected chi connectivity index (χ3v) is 4.55. The summed E-state index contributed by atoms with van der Waals surface area (Å²) < 4.78 is 0. The molecule has 23 heavy (non-hydrogen) atoms. The van der Waals surface area contributed by atoms with Crippen molar-refractivity contribution in [3.05, 3.63) is 114 Å². The molecule has 0 radical (unpaired) electrons. The molecule has 0 aliphatic rings. The molecule has 0 saturated heterocycles. The van der Waals surface area contributed by atoms with Crippen molar-refractivity contribution >= 4 is 27.1 Å². The van der Waals surface area contributed by atoms with Crippen molar-refractivity contribution in [2.45, 2.75) is 4.87 Å². The van der Waals surface area contributed by atoms with Crippen LogP contribution in [0.1, 0.15) is 16.7 Å². The van der Waals surface area contributed by atoms with Crippen molar-refractivity contribution in [2.75, 3.05) is 0 Å². The predicted octanol–water partition coefficient (Wildman–Crippen LogP) is 5.94. The van der Waals surface area contributed by atoms with Crippen molar-refractivity contribution in [1.29, 1.82) is 0 Å². The third-order valence-electron chi connectivity index (χ3n) is 3.88. The van der Waals surface area contributed by atoms with Crippen LogP contribution in [0.15, 0.2) is 97.6 Å². The molecule has 0 aliphatic carbocycles. The van der Waals surface area contributed by atoms with Gasteiger partial charge in [-0.25, -0.2) is 0 Å². The molecule has 1 unspecified atom stereocenters. The van der Waals surface area contributed by atoms with Crippen molar-refractivity contribution in [3.8, 4) is 0 Å². The second kappa shape index (κ2) is 7.59.